The third-order valence-corrected chi connectivity index (χ3v) is 9.35. The van der Waals surface area contributed by atoms with E-state index >= 15 is 0 Å². The van der Waals surface area contributed by atoms with Gasteiger partial charge in [0, 0.05) is 21.9 Å². The molecule has 5 aromatic rings. The quantitative estimate of drug-likeness (QED) is 0.175. The Labute approximate surface area is 253 Å². The van der Waals surface area contributed by atoms with Gasteiger partial charge in [0.15, 0.2) is 0 Å². The highest BCUT2D eigenvalue weighted by Crippen LogP contribution is 2.41. The van der Waals surface area contributed by atoms with Crippen molar-refractivity contribution in [1.82, 2.24) is 10.6 Å². The molecule has 1 saturated heterocycles. The molecule has 0 bridgehead atoms. The summed E-state index contributed by atoms with van der Waals surface area (Å²) in [5.74, 6) is 2.51. The number of rotatable bonds is 10. The van der Waals surface area contributed by atoms with Crippen molar-refractivity contribution >= 4 is 11.3 Å². The number of hydrogen-bond donors (Lipinski definition) is 2. The highest BCUT2D eigenvalue weighted by Gasteiger charge is 2.16. The fraction of sp³-hybridized carbons (Fsp3) is 0.243. The molecule has 214 valence electrons. The van der Waals surface area contributed by atoms with E-state index in [4.69, 9.17) is 9.47 Å². The summed E-state index contributed by atoms with van der Waals surface area (Å²) in [6.45, 7) is 4.25. The van der Waals surface area contributed by atoms with E-state index in [1.165, 1.54) is 61.5 Å². The Morgan fingerprint density at radius 2 is 1.10 bits per heavy atom. The molecule has 1 aliphatic rings. The zero-order valence-corrected chi connectivity index (χ0v) is 25.2. The lowest BCUT2D eigenvalue weighted by Crippen LogP contribution is -2.33. The first-order valence-electron chi connectivity index (χ1n) is 14.7. The number of benzene rings is 4. The lowest BCUT2D eigenvalue weighted by molar-refractivity contribution is 0.357. The molecule has 0 spiro atoms. The maximum Gasteiger partial charge on any atom is 0.118 e. The maximum atomic E-state index is 5.33. The molecule has 0 atom stereocenters. The summed E-state index contributed by atoms with van der Waals surface area (Å²) in [4.78, 5) is 2.68. The van der Waals surface area contributed by atoms with Gasteiger partial charge in [0.05, 0.1) is 14.2 Å². The first-order valence-corrected chi connectivity index (χ1v) is 15.6. The van der Waals surface area contributed by atoms with Gasteiger partial charge in [0.25, 0.3) is 0 Å². The molecule has 4 nitrogen and oxygen atoms in total. The van der Waals surface area contributed by atoms with Crippen LogP contribution in [-0.4, -0.2) is 33.9 Å². The summed E-state index contributed by atoms with van der Waals surface area (Å²) >= 11 is 1.90. The molecule has 1 aliphatic heterocycles. The average molecular weight is 575 g/mol. The largest absolute Gasteiger partial charge is 0.497 e. The third kappa shape index (κ3) is 6.60. The first-order chi connectivity index (χ1) is 20.7. The molecular formula is C37H38N2O2S. The Hall–Kier alpha value is -3.90. The van der Waals surface area contributed by atoms with Crippen LogP contribution in [0.2, 0.25) is 0 Å². The minimum absolute atomic E-state index is 0.765. The lowest BCUT2D eigenvalue weighted by Gasteiger charge is -2.22. The van der Waals surface area contributed by atoms with Crippen molar-refractivity contribution in [2.24, 2.45) is 5.92 Å². The van der Waals surface area contributed by atoms with E-state index in [0.717, 1.165) is 43.6 Å². The van der Waals surface area contributed by atoms with E-state index in [9.17, 15) is 0 Å². The van der Waals surface area contributed by atoms with Crippen molar-refractivity contribution in [3.63, 3.8) is 0 Å². The monoisotopic (exact) mass is 574 g/mol. The van der Waals surface area contributed by atoms with Crippen LogP contribution in [0, 0.1) is 5.92 Å². The lowest BCUT2D eigenvalue weighted by atomic mass is 9.97. The number of thiophene rings is 1. The van der Waals surface area contributed by atoms with Crippen LogP contribution >= 0.6 is 11.3 Å². The Bertz CT molecular complexity index is 1460. The zero-order valence-electron chi connectivity index (χ0n) is 24.4. The molecule has 0 aliphatic carbocycles. The highest BCUT2D eigenvalue weighted by atomic mass is 32.1. The molecule has 0 amide bonds. The molecule has 5 heteroatoms. The smallest absolute Gasteiger partial charge is 0.118 e. The Morgan fingerprint density at radius 3 is 1.60 bits per heavy atom. The Morgan fingerprint density at radius 1 is 0.643 bits per heavy atom. The van der Waals surface area contributed by atoms with Gasteiger partial charge >= 0.3 is 0 Å². The van der Waals surface area contributed by atoms with E-state index in [1.807, 2.05) is 35.6 Å². The molecule has 2 N–H and O–H groups in total. The second kappa shape index (κ2) is 13.4. The van der Waals surface area contributed by atoms with Crippen LogP contribution in [0.5, 0.6) is 11.5 Å². The van der Waals surface area contributed by atoms with E-state index < -0.39 is 0 Å². The normalized spacial score (nSPS) is 13.7. The number of ether oxygens (including phenoxy) is 2. The Balaban J connectivity index is 1.27. The van der Waals surface area contributed by atoms with E-state index in [0.29, 0.717) is 0 Å². The van der Waals surface area contributed by atoms with E-state index in [1.54, 1.807) is 14.2 Å². The van der Waals surface area contributed by atoms with Crippen LogP contribution in [-0.2, 0) is 6.54 Å². The number of hydrogen-bond acceptors (Lipinski definition) is 5. The van der Waals surface area contributed by atoms with Crippen LogP contribution in [0.15, 0.2) is 103 Å². The van der Waals surface area contributed by atoms with Crippen LogP contribution in [0.3, 0.4) is 0 Å². The van der Waals surface area contributed by atoms with E-state index in [2.05, 4.69) is 89.5 Å². The van der Waals surface area contributed by atoms with Gasteiger partial charge in [-0.2, -0.15) is 0 Å². The number of piperidine rings is 1. The van der Waals surface area contributed by atoms with Gasteiger partial charge in [-0.3, -0.25) is 0 Å². The molecule has 0 unspecified atom stereocenters. The molecule has 42 heavy (non-hydrogen) atoms. The summed E-state index contributed by atoms with van der Waals surface area (Å²) in [5, 5.41) is 7.23. The summed E-state index contributed by atoms with van der Waals surface area (Å²) in [6.07, 6.45) is 2.52. The number of nitrogens with one attached hydrogen (secondary N) is 2. The molecule has 4 aromatic carbocycles. The van der Waals surface area contributed by atoms with Gasteiger partial charge < -0.3 is 20.1 Å². The first kappa shape index (κ1) is 28.2. The topological polar surface area (TPSA) is 42.5 Å². The fourth-order valence-electron chi connectivity index (χ4n) is 5.67. The fourth-order valence-corrected chi connectivity index (χ4v) is 6.82. The molecule has 6 rings (SSSR count). The molecule has 1 fully saturated rings. The second-order valence-electron chi connectivity index (χ2n) is 10.9. The molecule has 1 aromatic heterocycles. The minimum atomic E-state index is 0.765. The predicted molar refractivity (Wildman–Crippen MR) is 176 cm³/mol. The third-order valence-electron chi connectivity index (χ3n) is 8.16. The maximum absolute atomic E-state index is 5.33. The van der Waals surface area contributed by atoms with Crippen LogP contribution in [0.4, 0.5) is 0 Å². The van der Waals surface area contributed by atoms with Gasteiger partial charge in [-0.05, 0) is 102 Å². The SMILES string of the molecule is COc1ccc(-c2ccc(-c3cc(CNCC4CCNCC4)sc3-c3ccc(-c4ccc(OC)cc4)cc3)cc2)cc1. The van der Waals surface area contributed by atoms with Crippen LogP contribution < -0.4 is 20.1 Å². The summed E-state index contributed by atoms with van der Waals surface area (Å²) in [7, 11) is 3.40. The average Bonchev–Trinajstić information content (AvgIpc) is 3.49. The van der Waals surface area contributed by atoms with Crippen molar-refractivity contribution in [2.45, 2.75) is 19.4 Å². The van der Waals surface area contributed by atoms with Crippen molar-refractivity contribution in [2.75, 3.05) is 33.9 Å². The number of methoxy groups -OCH3 is 2. The predicted octanol–water partition coefficient (Wildman–Crippen LogP) is 8.52. The molecule has 2 heterocycles. The van der Waals surface area contributed by atoms with Gasteiger partial charge in [-0.25, -0.2) is 0 Å². The van der Waals surface area contributed by atoms with Crippen molar-refractivity contribution < 1.29 is 9.47 Å². The van der Waals surface area contributed by atoms with Crippen molar-refractivity contribution in [3.8, 4) is 55.3 Å². The van der Waals surface area contributed by atoms with Gasteiger partial charge in [0.2, 0.25) is 0 Å². The second-order valence-corrected chi connectivity index (χ2v) is 12.0. The minimum Gasteiger partial charge on any atom is -0.497 e. The summed E-state index contributed by atoms with van der Waals surface area (Å²) < 4.78 is 10.7. The molecular weight excluding hydrogens is 536 g/mol. The zero-order chi connectivity index (χ0) is 28.7. The van der Waals surface area contributed by atoms with Crippen molar-refractivity contribution in [1.29, 1.82) is 0 Å². The summed E-state index contributed by atoms with van der Waals surface area (Å²) in [6, 6.07) is 36.8. The van der Waals surface area contributed by atoms with E-state index in [-0.39, 0.29) is 0 Å². The Kier molecular flexibility index (Phi) is 9.00. The van der Waals surface area contributed by atoms with Gasteiger partial charge in [-0.1, -0.05) is 72.8 Å². The van der Waals surface area contributed by atoms with Gasteiger partial charge in [0.1, 0.15) is 11.5 Å². The van der Waals surface area contributed by atoms with Gasteiger partial charge in [-0.15, -0.1) is 11.3 Å². The highest BCUT2D eigenvalue weighted by molar-refractivity contribution is 7.16. The van der Waals surface area contributed by atoms with Crippen LogP contribution in [0.1, 0.15) is 17.7 Å². The molecule has 0 radical (unpaired) electrons. The summed E-state index contributed by atoms with van der Waals surface area (Å²) in [5.41, 5.74) is 8.55. The van der Waals surface area contributed by atoms with Crippen molar-refractivity contribution in [3.05, 3.63) is 108 Å². The standard InChI is InChI=1S/C37H38N2O2S/c1-40-33-15-11-29(12-16-33)27-3-7-31(8-4-27)36-23-35(25-39-24-26-19-21-38-22-20-26)42-37(36)32-9-5-28(6-10-32)30-13-17-34(41-2)18-14-30/h3-18,23,26,38-39H,19-22,24-25H2,1-2H3. The van der Waals surface area contributed by atoms with Crippen LogP contribution in [0.25, 0.3) is 43.8 Å². The molecule has 0 saturated carbocycles.